The number of nitrogens with zero attached hydrogens (tertiary/aromatic N) is 2. The molecule has 0 aromatic carbocycles. The summed E-state index contributed by atoms with van der Waals surface area (Å²) in [6.07, 6.45) is 0. The van der Waals surface area contributed by atoms with E-state index in [2.05, 4.69) is 15.2 Å². The third-order valence-electron chi connectivity index (χ3n) is 2.76. The molecule has 0 spiro atoms. The second-order valence-electron chi connectivity index (χ2n) is 4.48. The molecule has 0 bridgehead atoms. The summed E-state index contributed by atoms with van der Waals surface area (Å²) >= 11 is 1.25. The number of anilines is 1. The Bertz CT molecular complexity index is 687. The van der Waals surface area contributed by atoms with Gasteiger partial charge in [-0.25, -0.2) is 0 Å². The number of carbonyl (C=O) groups is 2. The number of hydrogen-bond acceptors (Lipinski definition) is 6. The Labute approximate surface area is 133 Å². The number of hydrogen-bond donors (Lipinski definition) is 1. The Morgan fingerprint density at radius 2 is 2.26 bits per heavy atom. The van der Waals surface area contributed by atoms with E-state index in [0.29, 0.717) is 4.88 Å². The van der Waals surface area contributed by atoms with E-state index < -0.39 is 18.4 Å². The average Bonchev–Trinajstić information content (AvgIpc) is 3.11. The lowest BCUT2D eigenvalue weighted by atomic mass is 10.3. The molecule has 1 N–H and O–H groups in total. The molecule has 2 aromatic heterocycles. The Morgan fingerprint density at radius 3 is 2.87 bits per heavy atom. The maximum absolute atomic E-state index is 12.3. The van der Waals surface area contributed by atoms with Gasteiger partial charge in [-0.1, -0.05) is 6.07 Å². The molecule has 0 radical (unpaired) electrons. The number of carbonyl (C=O) groups excluding carboxylic acids is 2. The van der Waals surface area contributed by atoms with Gasteiger partial charge < -0.3 is 19.5 Å². The number of ether oxygens (including phenoxy) is 1. The van der Waals surface area contributed by atoms with Gasteiger partial charge in [0, 0.05) is 7.05 Å². The van der Waals surface area contributed by atoms with Crippen LogP contribution in [-0.2, 0) is 4.79 Å². The molecule has 0 atom stereocenters. The topological polar surface area (TPSA) is 84.7 Å². The van der Waals surface area contributed by atoms with Crippen LogP contribution in [0.3, 0.4) is 0 Å². The standard InChI is InChI=1S/C13H13F2N3O4S/c1-7-10(11(17-22-7)21-13(14)15)16-9(19)6-18(2)12(20)8-4-3-5-23-8/h3-5,13H,6H2,1-2H3,(H,16,19). The van der Waals surface area contributed by atoms with E-state index >= 15 is 0 Å². The van der Waals surface area contributed by atoms with Crippen LogP contribution in [0, 0.1) is 6.92 Å². The summed E-state index contributed by atoms with van der Waals surface area (Å²) in [5, 5.41) is 7.39. The number of halogens is 2. The van der Waals surface area contributed by atoms with Gasteiger partial charge in [-0.2, -0.15) is 8.78 Å². The molecule has 0 aliphatic rings. The van der Waals surface area contributed by atoms with Gasteiger partial charge in [-0.3, -0.25) is 9.59 Å². The van der Waals surface area contributed by atoms with Crippen molar-refractivity contribution < 1.29 is 27.6 Å². The quantitative estimate of drug-likeness (QED) is 0.869. The Kier molecular flexibility index (Phi) is 5.27. The van der Waals surface area contributed by atoms with Gasteiger partial charge >= 0.3 is 6.61 Å². The maximum Gasteiger partial charge on any atom is 0.388 e. The van der Waals surface area contributed by atoms with Gasteiger partial charge in [0.15, 0.2) is 5.76 Å². The predicted molar refractivity (Wildman–Crippen MR) is 77.8 cm³/mol. The third-order valence-corrected chi connectivity index (χ3v) is 3.61. The van der Waals surface area contributed by atoms with E-state index in [9.17, 15) is 18.4 Å². The minimum absolute atomic E-state index is 0.0905. The molecule has 23 heavy (non-hydrogen) atoms. The number of aryl methyl sites for hydroxylation is 1. The van der Waals surface area contributed by atoms with Crippen LogP contribution in [0.2, 0.25) is 0 Å². The first kappa shape index (κ1) is 16.9. The normalized spacial score (nSPS) is 10.7. The molecule has 124 valence electrons. The number of thiophene rings is 1. The zero-order valence-corrected chi connectivity index (χ0v) is 13.0. The fourth-order valence-electron chi connectivity index (χ4n) is 1.71. The van der Waals surface area contributed by atoms with Crippen molar-refractivity contribution in [2.75, 3.05) is 18.9 Å². The van der Waals surface area contributed by atoms with Gasteiger partial charge in [0.05, 0.1) is 11.4 Å². The first-order chi connectivity index (χ1) is 10.9. The SMILES string of the molecule is Cc1onc(OC(F)F)c1NC(=O)CN(C)C(=O)c1cccs1. The Morgan fingerprint density at radius 1 is 1.52 bits per heavy atom. The molecule has 0 unspecified atom stereocenters. The van der Waals surface area contributed by atoms with Crippen LogP contribution < -0.4 is 10.1 Å². The van der Waals surface area contributed by atoms with Crippen LogP contribution in [0.1, 0.15) is 15.4 Å². The summed E-state index contributed by atoms with van der Waals surface area (Å²) in [4.78, 5) is 25.7. The summed E-state index contributed by atoms with van der Waals surface area (Å²) in [7, 11) is 1.46. The highest BCUT2D eigenvalue weighted by atomic mass is 32.1. The van der Waals surface area contributed by atoms with Gasteiger partial charge in [0.2, 0.25) is 5.91 Å². The number of amides is 2. The lowest BCUT2D eigenvalue weighted by Gasteiger charge is -2.15. The largest absolute Gasteiger partial charge is 0.412 e. The van der Waals surface area contributed by atoms with Crippen LogP contribution >= 0.6 is 11.3 Å². The average molecular weight is 345 g/mol. The first-order valence-corrected chi connectivity index (χ1v) is 7.26. The van der Waals surface area contributed by atoms with E-state index in [1.54, 1.807) is 17.5 Å². The van der Waals surface area contributed by atoms with Crippen molar-refractivity contribution >= 4 is 28.8 Å². The summed E-state index contributed by atoms with van der Waals surface area (Å²) in [6.45, 7) is -1.94. The molecule has 0 fully saturated rings. The monoisotopic (exact) mass is 345 g/mol. The van der Waals surface area contributed by atoms with Crippen molar-refractivity contribution in [3.63, 3.8) is 0 Å². The Hall–Kier alpha value is -2.49. The van der Waals surface area contributed by atoms with E-state index in [1.165, 1.54) is 30.2 Å². The number of aromatic nitrogens is 1. The van der Waals surface area contributed by atoms with Crippen molar-refractivity contribution in [2.45, 2.75) is 13.5 Å². The molecule has 0 saturated carbocycles. The van der Waals surface area contributed by atoms with Gasteiger partial charge in [0.25, 0.3) is 11.8 Å². The third kappa shape index (κ3) is 4.25. The van der Waals surface area contributed by atoms with Crippen molar-refractivity contribution in [2.24, 2.45) is 0 Å². The van der Waals surface area contributed by atoms with E-state index in [-0.39, 0.29) is 23.9 Å². The van der Waals surface area contributed by atoms with Crippen molar-refractivity contribution in [1.29, 1.82) is 0 Å². The molecule has 10 heteroatoms. The number of alkyl halides is 2. The zero-order chi connectivity index (χ0) is 17.0. The highest BCUT2D eigenvalue weighted by Crippen LogP contribution is 2.28. The smallest absolute Gasteiger partial charge is 0.388 e. The summed E-state index contributed by atoms with van der Waals surface area (Å²) in [6, 6.07) is 3.36. The summed E-state index contributed by atoms with van der Waals surface area (Å²) in [5.74, 6) is -1.32. The van der Waals surface area contributed by atoms with Crippen molar-refractivity contribution in [3.05, 3.63) is 28.2 Å². The van der Waals surface area contributed by atoms with E-state index in [4.69, 9.17) is 4.52 Å². The van der Waals surface area contributed by atoms with Gasteiger partial charge in [0.1, 0.15) is 5.69 Å². The second-order valence-corrected chi connectivity index (χ2v) is 5.43. The fraction of sp³-hybridized carbons (Fsp3) is 0.308. The molecule has 0 saturated heterocycles. The molecule has 0 aliphatic carbocycles. The molecule has 2 rings (SSSR count). The van der Waals surface area contributed by atoms with Crippen LogP contribution in [0.5, 0.6) is 5.88 Å². The molecular weight excluding hydrogens is 332 g/mol. The van der Waals surface area contributed by atoms with Crippen LogP contribution in [-0.4, -0.2) is 42.1 Å². The number of nitrogens with one attached hydrogen (secondary N) is 1. The van der Waals surface area contributed by atoms with Gasteiger partial charge in [-0.15, -0.1) is 11.3 Å². The predicted octanol–water partition coefficient (Wildman–Crippen LogP) is 2.36. The molecule has 2 heterocycles. The fourth-order valence-corrected chi connectivity index (χ4v) is 2.43. The molecule has 0 aliphatic heterocycles. The minimum atomic E-state index is -3.10. The van der Waals surface area contributed by atoms with Crippen LogP contribution in [0.15, 0.2) is 22.0 Å². The van der Waals surface area contributed by atoms with E-state index in [0.717, 1.165) is 0 Å². The lowest BCUT2D eigenvalue weighted by Crippen LogP contribution is -2.34. The summed E-state index contributed by atoms with van der Waals surface area (Å²) in [5.41, 5.74) is -0.0905. The molecule has 2 amide bonds. The highest BCUT2D eigenvalue weighted by molar-refractivity contribution is 7.12. The second kappa shape index (κ2) is 7.18. The molecule has 2 aromatic rings. The van der Waals surface area contributed by atoms with Crippen LogP contribution in [0.25, 0.3) is 0 Å². The van der Waals surface area contributed by atoms with Crippen molar-refractivity contribution in [1.82, 2.24) is 10.1 Å². The minimum Gasteiger partial charge on any atom is -0.412 e. The lowest BCUT2D eigenvalue weighted by molar-refractivity contribution is -0.116. The maximum atomic E-state index is 12.3. The van der Waals surface area contributed by atoms with E-state index in [1.807, 2.05) is 0 Å². The molecular formula is C13H13F2N3O4S. The number of likely N-dealkylation sites (N-methyl/N-ethyl adjacent to an activating group) is 1. The Balaban J connectivity index is 2.00. The first-order valence-electron chi connectivity index (χ1n) is 6.38. The van der Waals surface area contributed by atoms with Crippen LogP contribution in [0.4, 0.5) is 14.5 Å². The number of rotatable bonds is 6. The molecule has 7 nitrogen and oxygen atoms in total. The zero-order valence-electron chi connectivity index (χ0n) is 12.2. The van der Waals surface area contributed by atoms with Crippen molar-refractivity contribution in [3.8, 4) is 5.88 Å². The highest BCUT2D eigenvalue weighted by Gasteiger charge is 2.22. The van der Waals surface area contributed by atoms with Gasteiger partial charge in [-0.05, 0) is 23.5 Å². The summed E-state index contributed by atoms with van der Waals surface area (Å²) < 4.78 is 33.4.